The highest BCUT2D eigenvalue weighted by molar-refractivity contribution is 9.10. The standard InChI is InChI=1S/C16H15Br2NO2/c1-10-6-7-11(8-14(10)18)15(16(20)21-2)19-13-5-3-4-12(17)9-13/h3-9,15,19H,1-2H3. The van der Waals surface area contributed by atoms with Crippen LogP contribution >= 0.6 is 31.9 Å². The summed E-state index contributed by atoms with van der Waals surface area (Å²) in [7, 11) is 1.39. The van der Waals surface area contributed by atoms with Gasteiger partial charge >= 0.3 is 5.97 Å². The molecule has 0 heterocycles. The molecule has 5 heteroatoms. The third-order valence-electron chi connectivity index (χ3n) is 3.10. The molecule has 2 aromatic carbocycles. The summed E-state index contributed by atoms with van der Waals surface area (Å²) in [6.45, 7) is 2.00. The average molecular weight is 413 g/mol. The minimum Gasteiger partial charge on any atom is -0.467 e. The van der Waals surface area contributed by atoms with E-state index in [0.717, 1.165) is 25.8 Å². The lowest BCUT2D eigenvalue weighted by atomic mass is 10.0. The summed E-state index contributed by atoms with van der Waals surface area (Å²) in [4.78, 5) is 12.1. The van der Waals surface area contributed by atoms with Crippen molar-refractivity contribution < 1.29 is 9.53 Å². The first-order chi connectivity index (χ1) is 10.0. The van der Waals surface area contributed by atoms with Crippen LogP contribution in [-0.4, -0.2) is 13.1 Å². The van der Waals surface area contributed by atoms with Crippen molar-refractivity contribution in [1.29, 1.82) is 0 Å². The second-order valence-electron chi connectivity index (χ2n) is 4.62. The molecule has 0 spiro atoms. The fraction of sp³-hybridized carbons (Fsp3) is 0.188. The van der Waals surface area contributed by atoms with Crippen molar-refractivity contribution in [3.8, 4) is 0 Å². The number of aryl methyl sites for hydroxylation is 1. The number of nitrogens with one attached hydrogen (secondary N) is 1. The van der Waals surface area contributed by atoms with E-state index >= 15 is 0 Å². The number of ether oxygens (including phenoxy) is 1. The van der Waals surface area contributed by atoms with Crippen molar-refractivity contribution in [2.24, 2.45) is 0 Å². The Balaban J connectivity index is 2.34. The molecule has 0 bridgehead atoms. The van der Waals surface area contributed by atoms with Crippen LogP contribution in [0.5, 0.6) is 0 Å². The van der Waals surface area contributed by atoms with E-state index < -0.39 is 6.04 Å². The zero-order valence-corrected chi connectivity index (χ0v) is 14.9. The zero-order valence-electron chi connectivity index (χ0n) is 11.7. The predicted molar refractivity (Wildman–Crippen MR) is 91.4 cm³/mol. The molecule has 0 saturated heterocycles. The number of anilines is 1. The van der Waals surface area contributed by atoms with E-state index in [9.17, 15) is 4.79 Å². The second-order valence-corrected chi connectivity index (χ2v) is 6.39. The molecule has 0 aromatic heterocycles. The molecular formula is C16H15Br2NO2. The molecule has 2 rings (SSSR count). The molecule has 0 aliphatic carbocycles. The third-order valence-corrected chi connectivity index (χ3v) is 4.45. The van der Waals surface area contributed by atoms with Crippen molar-refractivity contribution in [3.05, 3.63) is 62.5 Å². The summed E-state index contributed by atoms with van der Waals surface area (Å²) in [5.74, 6) is -0.328. The minimum atomic E-state index is -0.554. The Kier molecular flexibility index (Phi) is 5.42. The smallest absolute Gasteiger partial charge is 0.332 e. The van der Waals surface area contributed by atoms with Gasteiger partial charge in [-0.25, -0.2) is 4.79 Å². The molecule has 0 aliphatic heterocycles. The van der Waals surface area contributed by atoms with Crippen molar-refractivity contribution in [1.82, 2.24) is 0 Å². The quantitative estimate of drug-likeness (QED) is 0.729. The summed E-state index contributed by atoms with van der Waals surface area (Å²) in [6.07, 6.45) is 0. The number of carbonyl (C=O) groups is 1. The van der Waals surface area contributed by atoms with Gasteiger partial charge in [-0.1, -0.05) is 50.1 Å². The zero-order chi connectivity index (χ0) is 15.4. The monoisotopic (exact) mass is 411 g/mol. The topological polar surface area (TPSA) is 38.3 Å². The van der Waals surface area contributed by atoms with Crippen LogP contribution in [0.3, 0.4) is 0 Å². The molecule has 110 valence electrons. The molecule has 3 nitrogen and oxygen atoms in total. The number of esters is 1. The van der Waals surface area contributed by atoms with E-state index in [4.69, 9.17) is 4.74 Å². The first-order valence-corrected chi connectivity index (χ1v) is 7.96. The van der Waals surface area contributed by atoms with Crippen LogP contribution in [0.4, 0.5) is 5.69 Å². The fourth-order valence-electron chi connectivity index (χ4n) is 1.93. The molecular weight excluding hydrogens is 398 g/mol. The Morgan fingerprint density at radius 2 is 1.95 bits per heavy atom. The molecule has 1 atom stereocenters. The van der Waals surface area contributed by atoms with Gasteiger partial charge in [-0.05, 0) is 42.3 Å². The summed E-state index contributed by atoms with van der Waals surface area (Å²) >= 11 is 6.91. The highest BCUT2D eigenvalue weighted by Crippen LogP contribution is 2.26. The van der Waals surface area contributed by atoms with Gasteiger partial charge in [0.25, 0.3) is 0 Å². The van der Waals surface area contributed by atoms with Gasteiger partial charge in [-0.2, -0.15) is 0 Å². The van der Waals surface area contributed by atoms with Gasteiger partial charge in [0, 0.05) is 14.6 Å². The number of carbonyl (C=O) groups excluding carboxylic acids is 1. The van der Waals surface area contributed by atoms with E-state index in [1.54, 1.807) is 0 Å². The molecule has 0 radical (unpaired) electrons. The van der Waals surface area contributed by atoms with Gasteiger partial charge in [-0.15, -0.1) is 0 Å². The Morgan fingerprint density at radius 1 is 1.19 bits per heavy atom. The van der Waals surface area contributed by atoms with Gasteiger partial charge in [0.05, 0.1) is 7.11 Å². The maximum absolute atomic E-state index is 12.1. The van der Waals surface area contributed by atoms with Crippen LogP contribution in [0.15, 0.2) is 51.4 Å². The third kappa shape index (κ3) is 4.08. The average Bonchev–Trinajstić information content (AvgIpc) is 2.47. The highest BCUT2D eigenvalue weighted by atomic mass is 79.9. The molecule has 0 aliphatic rings. The van der Waals surface area contributed by atoms with Gasteiger partial charge < -0.3 is 10.1 Å². The van der Waals surface area contributed by atoms with E-state index in [1.807, 2.05) is 49.4 Å². The minimum absolute atomic E-state index is 0.328. The number of rotatable bonds is 4. The molecule has 21 heavy (non-hydrogen) atoms. The van der Waals surface area contributed by atoms with E-state index in [1.165, 1.54) is 7.11 Å². The van der Waals surface area contributed by atoms with E-state index in [-0.39, 0.29) is 5.97 Å². The lowest BCUT2D eigenvalue weighted by Crippen LogP contribution is -2.22. The highest BCUT2D eigenvalue weighted by Gasteiger charge is 2.21. The maximum atomic E-state index is 12.1. The van der Waals surface area contributed by atoms with Gasteiger partial charge in [0.1, 0.15) is 0 Å². The fourth-order valence-corrected chi connectivity index (χ4v) is 2.73. The van der Waals surface area contributed by atoms with E-state index in [2.05, 4.69) is 37.2 Å². The van der Waals surface area contributed by atoms with Gasteiger partial charge in [0.15, 0.2) is 6.04 Å². The predicted octanol–water partition coefficient (Wildman–Crippen LogP) is 4.85. The van der Waals surface area contributed by atoms with Crippen LogP contribution in [0.1, 0.15) is 17.2 Å². The number of methoxy groups -OCH3 is 1. The van der Waals surface area contributed by atoms with Crippen LogP contribution in [0.2, 0.25) is 0 Å². The largest absolute Gasteiger partial charge is 0.467 e. The van der Waals surface area contributed by atoms with Gasteiger partial charge in [-0.3, -0.25) is 0 Å². The Morgan fingerprint density at radius 3 is 2.57 bits per heavy atom. The SMILES string of the molecule is COC(=O)C(Nc1cccc(Br)c1)c1ccc(C)c(Br)c1. The molecule has 1 unspecified atom stereocenters. The normalized spacial score (nSPS) is 11.8. The van der Waals surface area contributed by atoms with E-state index in [0.29, 0.717) is 0 Å². The molecule has 1 N–H and O–H groups in total. The second kappa shape index (κ2) is 7.09. The van der Waals surface area contributed by atoms with Crippen LogP contribution in [0.25, 0.3) is 0 Å². The van der Waals surface area contributed by atoms with Crippen molar-refractivity contribution >= 4 is 43.5 Å². The van der Waals surface area contributed by atoms with Crippen molar-refractivity contribution in [2.45, 2.75) is 13.0 Å². The number of hydrogen-bond donors (Lipinski definition) is 1. The summed E-state index contributed by atoms with van der Waals surface area (Å²) in [5.41, 5.74) is 2.81. The van der Waals surface area contributed by atoms with Gasteiger partial charge in [0.2, 0.25) is 0 Å². The molecule has 0 amide bonds. The maximum Gasteiger partial charge on any atom is 0.332 e. The molecule has 0 saturated carbocycles. The van der Waals surface area contributed by atoms with Crippen molar-refractivity contribution in [3.63, 3.8) is 0 Å². The summed E-state index contributed by atoms with van der Waals surface area (Å²) in [5, 5.41) is 3.21. The van der Waals surface area contributed by atoms with Crippen LogP contribution in [-0.2, 0) is 9.53 Å². The van der Waals surface area contributed by atoms with Crippen LogP contribution in [0, 0.1) is 6.92 Å². The Labute approximate surface area is 141 Å². The molecule has 2 aromatic rings. The first-order valence-electron chi connectivity index (χ1n) is 6.37. The van der Waals surface area contributed by atoms with Crippen molar-refractivity contribution in [2.75, 3.05) is 12.4 Å². The lowest BCUT2D eigenvalue weighted by Gasteiger charge is -2.19. The number of benzene rings is 2. The lowest BCUT2D eigenvalue weighted by molar-refractivity contribution is -0.141. The summed E-state index contributed by atoms with van der Waals surface area (Å²) < 4.78 is 6.82. The number of halogens is 2. The molecule has 0 fully saturated rings. The van der Waals surface area contributed by atoms with Crippen LogP contribution < -0.4 is 5.32 Å². The Bertz CT molecular complexity index is 658. The Hall–Kier alpha value is -1.33. The summed E-state index contributed by atoms with van der Waals surface area (Å²) in [6, 6.07) is 12.9. The number of hydrogen-bond acceptors (Lipinski definition) is 3. The first kappa shape index (κ1) is 16.0.